The van der Waals surface area contributed by atoms with Crippen molar-refractivity contribution in [1.82, 2.24) is 19.9 Å². The molecule has 2 heterocycles. The third-order valence-electron chi connectivity index (χ3n) is 4.14. The van der Waals surface area contributed by atoms with E-state index in [1.807, 2.05) is 10.9 Å². The lowest BCUT2D eigenvalue weighted by molar-refractivity contribution is -0.384. The standard InChI is InChI=1S/C15H17N5O3/c21-15(13-1-3-14(4-2-13)20(22)23)18-8-5-12(6-9-18)11-19-10-7-16-17-19/h1-4,7,10,12H,5-6,8-9,11H2. The number of carbonyl (C=O) groups excluding carboxylic acids is 1. The quantitative estimate of drug-likeness (QED) is 0.632. The minimum absolute atomic E-state index is 0.00640. The summed E-state index contributed by atoms with van der Waals surface area (Å²) in [6, 6.07) is 5.76. The molecule has 120 valence electrons. The largest absolute Gasteiger partial charge is 0.339 e. The van der Waals surface area contributed by atoms with E-state index in [1.54, 1.807) is 11.1 Å². The summed E-state index contributed by atoms with van der Waals surface area (Å²) < 4.78 is 1.82. The molecule has 1 amide bonds. The van der Waals surface area contributed by atoms with Gasteiger partial charge in [0.05, 0.1) is 11.1 Å². The number of rotatable bonds is 4. The average Bonchev–Trinajstić information content (AvgIpc) is 3.08. The van der Waals surface area contributed by atoms with Crippen LogP contribution in [0.25, 0.3) is 0 Å². The van der Waals surface area contributed by atoms with Crippen LogP contribution in [0.4, 0.5) is 5.69 Å². The monoisotopic (exact) mass is 315 g/mol. The maximum absolute atomic E-state index is 12.4. The SMILES string of the molecule is O=C(c1ccc([N+](=O)[O-])cc1)N1CCC(Cn2ccnn2)CC1. The molecule has 0 unspecified atom stereocenters. The van der Waals surface area contributed by atoms with Crippen LogP contribution >= 0.6 is 0 Å². The highest BCUT2D eigenvalue weighted by atomic mass is 16.6. The molecule has 0 saturated carbocycles. The number of hydrogen-bond acceptors (Lipinski definition) is 5. The van der Waals surface area contributed by atoms with Crippen molar-refractivity contribution in [2.24, 2.45) is 5.92 Å². The minimum atomic E-state index is -0.468. The zero-order valence-corrected chi connectivity index (χ0v) is 12.5. The highest BCUT2D eigenvalue weighted by molar-refractivity contribution is 5.94. The predicted molar refractivity (Wildman–Crippen MR) is 81.7 cm³/mol. The van der Waals surface area contributed by atoms with Crippen molar-refractivity contribution < 1.29 is 9.72 Å². The van der Waals surface area contributed by atoms with Gasteiger partial charge in [-0.2, -0.15) is 0 Å². The van der Waals surface area contributed by atoms with E-state index in [1.165, 1.54) is 24.3 Å². The van der Waals surface area contributed by atoms with Gasteiger partial charge in [-0.05, 0) is 30.9 Å². The van der Waals surface area contributed by atoms with E-state index in [2.05, 4.69) is 10.3 Å². The molecule has 1 fully saturated rings. The van der Waals surface area contributed by atoms with Gasteiger partial charge in [-0.3, -0.25) is 19.6 Å². The average molecular weight is 315 g/mol. The van der Waals surface area contributed by atoms with Crippen molar-refractivity contribution in [3.63, 3.8) is 0 Å². The van der Waals surface area contributed by atoms with Gasteiger partial charge < -0.3 is 4.90 Å². The van der Waals surface area contributed by atoms with Crippen LogP contribution < -0.4 is 0 Å². The number of non-ortho nitro benzene ring substituents is 1. The molecule has 0 aliphatic carbocycles. The van der Waals surface area contributed by atoms with Gasteiger partial charge in [-0.1, -0.05) is 5.21 Å². The number of likely N-dealkylation sites (tertiary alicyclic amines) is 1. The number of carbonyl (C=O) groups is 1. The second-order valence-electron chi connectivity index (χ2n) is 5.66. The number of benzene rings is 1. The molecule has 2 aromatic rings. The molecule has 1 saturated heterocycles. The van der Waals surface area contributed by atoms with Crippen LogP contribution in [-0.4, -0.2) is 43.8 Å². The minimum Gasteiger partial charge on any atom is -0.339 e. The summed E-state index contributed by atoms with van der Waals surface area (Å²) in [5.74, 6) is 0.414. The van der Waals surface area contributed by atoms with Crippen LogP contribution in [0.2, 0.25) is 0 Å². The Bertz CT molecular complexity index is 676. The molecule has 1 aliphatic heterocycles. The summed E-state index contributed by atoms with van der Waals surface area (Å²) in [5.41, 5.74) is 0.485. The molecule has 0 radical (unpaired) electrons. The Kier molecular flexibility index (Phi) is 4.31. The number of hydrogen-bond donors (Lipinski definition) is 0. The topological polar surface area (TPSA) is 94.2 Å². The molecule has 0 atom stereocenters. The molecule has 1 aromatic heterocycles. The molecule has 23 heavy (non-hydrogen) atoms. The summed E-state index contributed by atoms with van der Waals surface area (Å²) in [4.78, 5) is 24.4. The molecule has 3 rings (SSSR count). The lowest BCUT2D eigenvalue weighted by atomic mass is 9.96. The van der Waals surface area contributed by atoms with E-state index in [0.29, 0.717) is 24.6 Å². The van der Waals surface area contributed by atoms with Crippen LogP contribution in [0.15, 0.2) is 36.7 Å². The normalized spacial score (nSPS) is 15.6. The fraction of sp³-hybridized carbons (Fsp3) is 0.400. The van der Waals surface area contributed by atoms with Crippen LogP contribution in [0.3, 0.4) is 0 Å². The van der Waals surface area contributed by atoms with Crippen molar-refractivity contribution in [2.75, 3.05) is 13.1 Å². The molecular formula is C15H17N5O3. The molecule has 8 heteroatoms. The van der Waals surface area contributed by atoms with Crippen molar-refractivity contribution in [3.8, 4) is 0 Å². The zero-order valence-electron chi connectivity index (χ0n) is 12.5. The number of amides is 1. The predicted octanol–water partition coefficient (Wildman–Crippen LogP) is 1.74. The maximum Gasteiger partial charge on any atom is 0.269 e. The molecule has 0 N–H and O–H groups in total. The molecule has 0 spiro atoms. The first-order valence-electron chi connectivity index (χ1n) is 7.51. The van der Waals surface area contributed by atoms with Crippen LogP contribution in [0, 0.1) is 16.0 Å². The fourth-order valence-corrected chi connectivity index (χ4v) is 2.82. The van der Waals surface area contributed by atoms with Crippen molar-refractivity contribution in [2.45, 2.75) is 19.4 Å². The molecular weight excluding hydrogens is 298 g/mol. The van der Waals surface area contributed by atoms with Gasteiger partial charge in [-0.25, -0.2) is 0 Å². The van der Waals surface area contributed by atoms with Crippen molar-refractivity contribution in [3.05, 3.63) is 52.3 Å². The van der Waals surface area contributed by atoms with E-state index < -0.39 is 4.92 Å². The van der Waals surface area contributed by atoms with E-state index >= 15 is 0 Å². The Morgan fingerprint density at radius 3 is 2.52 bits per heavy atom. The molecule has 1 aromatic carbocycles. The van der Waals surface area contributed by atoms with E-state index in [9.17, 15) is 14.9 Å². The summed E-state index contributed by atoms with van der Waals surface area (Å²) in [6.45, 7) is 2.20. The molecule has 8 nitrogen and oxygen atoms in total. The zero-order chi connectivity index (χ0) is 16.2. The lowest BCUT2D eigenvalue weighted by Crippen LogP contribution is -2.39. The molecule has 0 bridgehead atoms. The van der Waals surface area contributed by atoms with Gasteiger partial charge in [0.15, 0.2) is 0 Å². The third kappa shape index (κ3) is 3.53. The van der Waals surface area contributed by atoms with Gasteiger partial charge in [-0.15, -0.1) is 5.10 Å². The smallest absolute Gasteiger partial charge is 0.269 e. The Labute approximate surface area is 132 Å². The van der Waals surface area contributed by atoms with E-state index in [4.69, 9.17) is 0 Å². The maximum atomic E-state index is 12.4. The van der Waals surface area contributed by atoms with Gasteiger partial charge >= 0.3 is 0 Å². The van der Waals surface area contributed by atoms with Crippen molar-refractivity contribution in [1.29, 1.82) is 0 Å². The van der Waals surface area contributed by atoms with Crippen LogP contribution in [0.1, 0.15) is 23.2 Å². The van der Waals surface area contributed by atoms with Crippen LogP contribution in [-0.2, 0) is 6.54 Å². The Morgan fingerprint density at radius 2 is 1.96 bits per heavy atom. The second kappa shape index (κ2) is 6.55. The summed E-state index contributed by atoms with van der Waals surface area (Å²) >= 11 is 0. The lowest BCUT2D eigenvalue weighted by Gasteiger charge is -2.32. The van der Waals surface area contributed by atoms with E-state index in [0.717, 1.165) is 19.4 Å². The fourth-order valence-electron chi connectivity index (χ4n) is 2.82. The Balaban J connectivity index is 1.56. The van der Waals surface area contributed by atoms with Gasteiger partial charge in [0.2, 0.25) is 0 Å². The summed E-state index contributed by atoms with van der Waals surface area (Å²) in [7, 11) is 0. The third-order valence-corrected chi connectivity index (χ3v) is 4.14. The number of nitro benzene ring substituents is 1. The molecule has 1 aliphatic rings. The summed E-state index contributed by atoms with van der Waals surface area (Å²) in [6.07, 6.45) is 5.33. The first-order chi connectivity index (χ1) is 11.1. The number of piperidine rings is 1. The number of nitrogens with zero attached hydrogens (tertiary/aromatic N) is 5. The Morgan fingerprint density at radius 1 is 1.26 bits per heavy atom. The second-order valence-corrected chi connectivity index (χ2v) is 5.66. The Hall–Kier alpha value is -2.77. The van der Waals surface area contributed by atoms with Gasteiger partial charge in [0.25, 0.3) is 11.6 Å². The number of nitro groups is 1. The highest BCUT2D eigenvalue weighted by Gasteiger charge is 2.24. The number of aromatic nitrogens is 3. The van der Waals surface area contributed by atoms with Gasteiger partial charge in [0.1, 0.15) is 0 Å². The van der Waals surface area contributed by atoms with Gasteiger partial charge in [0, 0.05) is 43.5 Å². The van der Waals surface area contributed by atoms with E-state index in [-0.39, 0.29) is 11.6 Å². The van der Waals surface area contributed by atoms with Crippen LogP contribution in [0.5, 0.6) is 0 Å². The van der Waals surface area contributed by atoms with Crippen molar-refractivity contribution >= 4 is 11.6 Å². The highest BCUT2D eigenvalue weighted by Crippen LogP contribution is 2.21. The first-order valence-corrected chi connectivity index (χ1v) is 7.51. The summed E-state index contributed by atoms with van der Waals surface area (Å²) in [5, 5.41) is 18.4. The first kappa shape index (κ1) is 15.1.